The lowest BCUT2D eigenvalue weighted by Crippen LogP contribution is -2.15. The highest BCUT2D eigenvalue weighted by Crippen LogP contribution is 2.29. The van der Waals surface area contributed by atoms with Gasteiger partial charge in [0.1, 0.15) is 0 Å². The topological polar surface area (TPSA) is 126 Å². The molecule has 0 atom stereocenters. The molecule has 0 fully saturated rings. The van der Waals surface area contributed by atoms with Gasteiger partial charge in [-0.2, -0.15) is 4.68 Å². The van der Waals surface area contributed by atoms with Gasteiger partial charge in [-0.1, -0.05) is 12.1 Å². The second kappa shape index (κ2) is 6.31. The smallest absolute Gasteiger partial charge is 0.311 e. The maximum absolute atomic E-state index is 13.0. The number of fused-ring (bicyclic) bond motifs is 2. The van der Waals surface area contributed by atoms with Crippen molar-refractivity contribution >= 4 is 39.3 Å². The first-order chi connectivity index (χ1) is 13.4. The molecule has 2 aromatic heterocycles. The molecule has 9 heteroatoms. The lowest BCUT2D eigenvalue weighted by Gasteiger charge is -2.05. The number of ether oxygens (including phenoxy) is 1. The number of hydrogen-bond acceptors (Lipinski definition) is 7. The Morgan fingerprint density at radius 1 is 1.21 bits per heavy atom. The summed E-state index contributed by atoms with van der Waals surface area (Å²) in [6.45, 7) is 1.94. The summed E-state index contributed by atoms with van der Waals surface area (Å²) in [5.74, 6) is -0.362. The predicted molar refractivity (Wildman–Crippen MR) is 104 cm³/mol. The average molecular weight is 377 g/mol. The Bertz CT molecular complexity index is 1280. The summed E-state index contributed by atoms with van der Waals surface area (Å²) >= 11 is 0. The molecule has 4 aromatic rings. The van der Waals surface area contributed by atoms with E-state index < -0.39 is 10.8 Å². The number of benzene rings is 2. The van der Waals surface area contributed by atoms with Gasteiger partial charge in [-0.25, -0.2) is 4.98 Å². The van der Waals surface area contributed by atoms with Crippen LogP contribution in [-0.2, 0) is 0 Å². The van der Waals surface area contributed by atoms with E-state index in [1.807, 2.05) is 31.2 Å². The number of carbonyl (C=O) groups is 1. The highest BCUT2D eigenvalue weighted by atomic mass is 16.6. The molecule has 0 spiro atoms. The number of nitrogens with two attached hydrogens (primary N) is 1. The first kappa shape index (κ1) is 17.4. The van der Waals surface area contributed by atoms with Crippen LogP contribution in [0.3, 0.4) is 0 Å². The quantitative estimate of drug-likeness (QED) is 0.429. The van der Waals surface area contributed by atoms with Crippen LogP contribution in [0.2, 0.25) is 0 Å². The van der Waals surface area contributed by atoms with E-state index in [1.54, 1.807) is 0 Å². The number of aromatic nitrogens is 3. The Morgan fingerprint density at radius 2 is 2.00 bits per heavy atom. The molecule has 2 aromatic carbocycles. The zero-order valence-electron chi connectivity index (χ0n) is 15.0. The van der Waals surface area contributed by atoms with Crippen molar-refractivity contribution in [2.75, 3.05) is 12.8 Å². The maximum atomic E-state index is 13.0. The summed E-state index contributed by atoms with van der Waals surface area (Å²) in [6.07, 6.45) is 0. The van der Waals surface area contributed by atoms with Gasteiger partial charge < -0.3 is 10.5 Å². The Balaban J connectivity index is 1.90. The molecule has 2 N–H and O–H groups in total. The Kier molecular flexibility index (Phi) is 3.92. The fraction of sp³-hybridized carbons (Fsp3) is 0.105. The van der Waals surface area contributed by atoms with Crippen LogP contribution < -0.4 is 10.5 Å². The van der Waals surface area contributed by atoms with Crippen LogP contribution in [0.25, 0.3) is 21.9 Å². The minimum absolute atomic E-state index is 0.0611. The number of aryl methyl sites for hydroxylation is 1. The summed E-state index contributed by atoms with van der Waals surface area (Å²) in [5.41, 5.74) is 7.76. The molecule has 0 radical (unpaired) electrons. The summed E-state index contributed by atoms with van der Waals surface area (Å²) in [4.78, 5) is 28.2. The molecule has 0 aliphatic carbocycles. The third-order valence-electron chi connectivity index (χ3n) is 4.45. The minimum Gasteiger partial charge on any atom is -0.490 e. The lowest BCUT2D eigenvalue weighted by atomic mass is 10.1. The van der Waals surface area contributed by atoms with Gasteiger partial charge in [-0.3, -0.25) is 14.9 Å². The number of carbonyl (C=O) groups excluding carboxylic acids is 1. The molecule has 0 saturated carbocycles. The fourth-order valence-electron chi connectivity index (χ4n) is 3.06. The van der Waals surface area contributed by atoms with E-state index in [9.17, 15) is 14.9 Å². The fourth-order valence-corrected chi connectivity index (χ4v) is 3.06. The van der Waals surface area contributed by atoms with Gasteiger partial charge in [0.25, 0.3) is 5.91 Å². The van der Waals surface area contributed by atoms with E-state index in [0.717, 1.165) is 21.7 Å². The van der Waals surface area contributed by atoms with Gasteiger partial charge in [0.15, 0.2) is 17.2 Å². The van der Waals surface area contributed by atoms with Crippen LogP contribution in [0.15, 0.2) is 42.5 Å². The number of nitrogen functional groups attached to an aromatic ring is 1. The van der Waals surface area contributed by atoms with E-state index in [1.165, 1.54) is 19.2 Å². The molecular formula is C19H15N5O4. The van der Waals surface area contributed by atoms with Gasteiger partial charge in [0.2, 0.25) is 0 Å². The van der Waals surface area contributed by atoms with Gasteiger partial charge in [0.05, 0.1) is 22.9 Å². The van der Waals surface area contributed by atoms with Gasteiger partial charge in [0, 0.05) is 17.0 Å². The standard InChI is InChI=1S/C19H15N5O4/c1-10-3-4-11-8-13-17(20)22-23(18(13)21-14(11)7-10)19(25)12-5-6-16(28-2)15(9-12)24(26)27/h3-9H,1-2H3,(H2,20,22). The number of nitro benzene ring substituents is 1. The highest BCUT2D eigenvalue weighted by Gasteiger charge is 2.22. The predicted octanol–water partition coefficient (Wildman–Crippen LogP) is 3.08. The molecule has 0 bridgehead atoms. The van der Waals surface area contributed by atoms with E-state index in [4.69, 9.17) is 10.5 Å². The van der Waals surface area contributed by atoms with Crippen LogP contribution in [0.1, 0.15) is 15.9 Å². The van der Waals surface area contributed by atoms with Crippen molar-refractivity contribution in [2.45, 2.75) is 6.92 Å². The molecule has 2 heterocycles. The summed E-state index contributed by atoms with van der Waals surface area (Å²) in [5, 5.41) is 16.8. The zero-order valence-corrected chi connectivity index (χ0v) is 15.0. The van der Waals surface area contributed by atoms with Crippen LogP contribution >= 0.6 is 0 Å². The summed E-state index contributed by atoms with van der Waals surface area (Å²) < 4.78 is 6.04. The van der Waals surface area contributed by atoms with Crippen LogP contribution in [0, 0.1) is 17.0 Å². The van der Waals surface area contributed by atoms with Gasteiger partial charge in [-0.15, -0.1) is 5.10 Å². The number of rotatable bonds is 3. The van der Waals surface area contributed by atoms with Crippen molar-refractivity contribution in [1.29, 1.82) is 0 Å². The molecule has 9 nitrogen and oxygen atoms in total. The number of pyridine rings is 1. The highest BCUT2D eigenvalue weighted by molar-refractivity contribution is 6.05. The van der Waals surface area contributed by atoms with Gasteiger partial charge >= 0.3 is 5.69 Å². The van der Waals surface area contributed by atoms with E-state index in [0.29, 0.717) is 16.6 Å². The molecule has 4 rings (SSSR count). The molecule has 0 amide bonds. The zero-order chi connectivity index (χ0) is 20.0. The normalized spacial score (nSPS) is 11.1. The Labute approximate surface area is 158 Å². The molecule has 0 aliphatic heterocycles. The van der Waals surface area contributed by atoms with Crippen molar-refractivity contribution in [3.63, 3.8) is 0 Å². The van der Waals surface area contributed by atoms with E-state index >= 15 is 0 Å². The van der Waals surface area contributed by atoms with Crippen molar-refractivity contribution < 1.29 is 14.5 Å². The Hall–Kier alpha value is -4.01. The molecule has 0 aliphatic rings. The van der Waals surface area contributed by atoms with Crippen molar-refractivity contribution in [3.8, 4) is 5.75 Å². The van der Waals surface area contributed by atoms with Crippen LogP contribution in [0.5, 0.6) is 5.75 Å². The molecular weight excluding hydrogens is 362 g/mol. The number of nitrogens with zero attached hydrogens (tertiary/aromatic N) is 4. The summed E-state index contributed by atoms with van der Waals surface area (Å²) in [6, 6.07) is 11.5. The molecule has 0 saturated heterocycles. The number of hydrogen-bond donors (Lipinski definition) is 1. The maximum Gasteiger partial charge on any atom is 0.311 e. The number of methoxy groups -OCH3 is 1. The lowest BCUT2D eigenvalue weighted by molar-refractivity contribution is -0.385. The van der Waals surface area contributed by atoms with Crippen molar-refractivity contribution in [2.24, 2.45) is 0 Å². The SMILES string of the molecule is COc1ccc(C(=O)n2nc(N)c3cc4ccc(C)cc4nc32)cc1[N+](=O)[O-]. The first-order valence-electron chi connectivity index (χ1n) is 8.32. The third kappa shape index (κ3) is 2.69. The Morgan fingerprint density at radius 3 is 2.71 bits per heavy atom. The molecule has 0 unspecified atom stereocenters. The minimum atomic E-state index is -0.611. The largest absolute Gasteiger partial charge is 0.490 e. The van der Waals surface area contributed by atoms with E-state index in [-0.39, 0.29) is 22.8 Å². The average Bonchev–Trinajstić information content (AvgIpc) is 3.00. The first-order valence-corrected chi connectivity index (χ1v) is 8.32. The monoisotopic (exact) mass is 377 g/mol. The molecule has 28 heavy (non-hydrogen) atoms. The van der Waals surface area contributed by atoms with Gasteiger partial charge in [-0.05, 0) is 36.8 Å². The number of nitro groups is 1. The summed E-state index contributed by atoms with van der Waals surface area (Å²) in [7, 11) is 1.32. The van der Waals surface area contributed by atoms with Crippen molar-refractivity contribution in [1.82, 2.24) is 14.8 Å². The van der Waals surface area contributed by atoms with Crippen molar-refractivity contribution in [3.05, 3.63) is 63.7 Å². The van der Waals surface area contributed by atoms with Crippen LogP contribution in [0.4, 0.5) is 11.5 Å². The second-order valence-corrected chi connectivity index (χ2v) is 6.30. The van der Waals surface area contributed by atoms with E-state index in [2.05, 4.69) is 10.1 Å². The number of anilines is 1. The molecule has 140 valence electrons. The second-order valence-electron chi connectivity index (χ2n) is 6.30. The third-order valence-corrected chi connectivity index (χ3v) is 4.45. The van der Waals surface area contributed by atoms with Crippen LogP contribution in [-0.4, -0.2) is 32.7 Å².